The minimum Gasteiger partial charge on any atom is -0.403 e. The molecule has 0 amide bonds. The Morgan fingerprint density at radius 3 is 2.63 bits per heavy atom. The van der Waals surface area contributed by atoms with E-state index in [9.17, 15) is 13.4 Å². The first-order chi connectivity index (χ1) is 18.4. The van der Waals surface area contributed by atoms with E-state index in [1.54, 1.807) is 12.4 Å². The molecule has 1 aromatic heterocycles. The maximum absolute atomic E-state index is 14.7. The molecular weight excluding hydrogens is 499 g/mol. The Labute approximate surface area is 225 Å². The van der Waals surface area contributed by atoms with E-state index in [0.29, 0.717) is 23.1 Å². The second-order valence-electron chi connectivity index (χ2n) is 10.4. The Kier molecular flexibility index (Phi) is 7.43. The van der Waals surface area contributed by atoms with Gasteiger partial charge in [-0.2, -0.15) is 0 Å². The largest absolute Gasteiger partial charge is 0.403 e. The van der Waals surface area contributed by atoms with Gasteiger partial charge in [0.1, 0.15) is 12.1 Å². The Balaban J connectivity index is 0.000000222. The van der Waals surface area contributed by atoms with E-state index in [0.717, 1.165) is 57.7 Å². The van der Waals surface area contributed by atoms with Crippen molar-refractivity contribution in [2.45, 2.75) is 61.1 Å². The number of fused-ring (bicyclic) bond motifs is 2. The first-order valence-electron chi connectivity index (χ1n) is 13.0. The predicted molar refractivity (Wildman–Crippen MR) is 150 cm³/mol. The van der Waals surface area contributed by atoms with Crippen LogP contribution < -0.4 is 11.1 Å². The fourth-order valence-corrected chi connectivity index (χ4v) is 6.07. The van der Waals surface area contributed by atoms with E-state index in [1.165, 1.54) is 18.9 Å². The molecule has 0 aliphatic heterocycles. The molecule has 8 heteroatoms. The van der Waals surface area contributed by atoms with E-state index >= 15 is 0 Å². The van der Waals surface area contributed by atoms with Gasteiger partial charge in [-0.15, -0.1) is 0 Å². The van der Waals surface area contributed by atoms with Gasteiger partial charge < -0.3 is 15.8 Å². The number of hydrogen-bond acceptors (Lipinski definition) is 6. The Morgan fingerprint density at radius 2 is 2.03 bits per heavy atom. The lowest BCUT2D eigenvalue weighted by Crippen LogP contribution is -2.09. The summed E-state index contributed by atoms with van der Waals surface area (Å²) in [5, 5.41) is 4.14. The molecule has 1 atom stereocenters. The monoisotopic (exact) mass is 532 g/mol. The molecule has 3 aromatic rings. The molecule has 3 aliphatic carbocycles. The zero-order chi connectivity index (χ0) is 26.9. The van der Waals surface area contributed by atoms with Gasteiger partial charge in [-0.1, -0.05) is 6.07 Å². The standard InChI is InChI=1S/C22H20FNO2S.C8H13N3/c1-14-10-15(7-9-25)11-21(23)19(14)12-16-6-8-24-22-5-4-18(13-20(16)22)27(26)17-2-3-17;1-10-7(4-9)5-11-8-2-6(8)3-8/h4-6,8-11,13,17H,2-3,7,12H2,1H3;4-6,10H,2-3,9H2,1H3/b;7-4+,11-5?. The number of pyridine rings is 1. The Morgan fingerprint density at radius 1 is 1.26 bits per heavy atom. The number of halogens is 1. The highest BCUT2D eigenvalue weighted by atomic mass is 32.2. The number of carbonyl (C=O) groups is 1. The molecule has 3 fully saturated rings. The molecule has 3 N–H and O–H groups in total. The highest BCUT2D eigenvalue weighted by Crippen LogP contribution is 2.69. The van der Waals surface area contributed by atoms with Crippen LogP contribution in [0.25, 0.3) is 10.9 Å². The lowest BCUT2D eigenvalue weighted by Gasteiger charge is -2.12. The van der Waals surface area contributed by atoms with Crippen molar-refractivity contribution in [2.24, 2.45) is 16.6 Å². The minimum absolute atomic E-state index is 0.215. The molecule has 6 rings (SSSR count). The SMILES string of the molecule is CN/C(C=NC12CC1C2)=C/N.Cc1cc(CC=O)cc(F)c1Cc1ccnc2ccc(S(=O)C3CC3)cc12. The third kappa shape index (κ3) is 5.70. The van der Waals surface area contributed by atoms with E-state index in [-0.39, 0.29) is 17.5 Å². The van der Waals surface area contributed by atoms with Crippen molar-refractivity contribution >= 4 is 34.2 Å². The van der Waals surface area contributed by atoms with Gasteiger partial charge in [-0.25, -0.2) is 4.39 Å². The molecule has 0 saturated heterocycles. The summed E-state index contributed by atoms with van der Waals surface area (Å²) in [4.78, 5) is 20.4. The van der Waals surface area contributed by atoms with Crippen molar-refractivity contribution in [2.75, 3.05) is 7.05 Å². The summed E-state index contributed by atoms with van der Waals surface area (Å²) in [7, 11) is 0.863. The summed E-state index contributed by atoms with van der Waals surface area (Å²) in [5.74, 6) is 0.615. The normalized spacial score (nSPS) is 22.4. The van der Waals surface area contributed by atoms with Crippen LogP contribution in [0.5, 0.6) is 0 Å². The first kappa shape index (κ1) is 26.2. The van der Waals surface area contributed by atoms with Gasteiger partial charge in [0, 0.05) is 54.0 Å². The summed E-state index contributed by atoms with van der Waals surface area (Å²) in [6, 6.07) is 10.9. The minimum atomic E-state index is -0.984. The zero-order valence-corrected chi connectivity index (χ0v) is 22.6. The van der Waals surface area contributed by atoms with Gasteiger partial charge in [0.05, 0.1) is 27.6 Å². The van der Waals surface area contributed by atoms with Crippen LogP contribution in [-0.2, 0) is 28.4 Å². The van der Waals surface area contributed by atoms with Crippen molar-refractivity contribution < 1.29 is 13.4 Å². The number of rotatable bonds is 9. The van der Waals surface area contributed by atoms with E-state index in [2.05, 4.69) is 15.3 Å². The Bertz CT molecular complexity index is 1430. The smallest absolute Gasteiger partial charge is 0.127 e. The molecule has 0 radical (unpaired) electrons. The van der Waals surface area contributed by atoms with Gasteiger partial charge in [0.15, 0.2) is 0 Å². The number of aryl methyl sites for hydroxylation is 1. The van der Waals surface area contributed by atoms with Crippen molar-refractivity contribution in [1.29, 1.82) is 0 Å². The number of allylic oxidation sites excluding steroid dienone is 1. The number of benzene rings is 2. The number of aromatic nitrogens is 1. The summed E-state index contributed by atoms with van der Waals surface area (Å²) in [5.41, 5.74) is 10.5. The maximum atomic E-state index is 14.7. The summed E-state index contributed by atoms with van der Waals surface area (Å²) < 4.78 is 27.2. The van der Waals surface area contributed by atoms with Crippen LogP contribution in [0.4, 0.5) is 4.39 Å². The van der Waals surface area contributed by atoms with Gasteiger partial charge in [-0.05, 0) is 91.1 Å². The van der Waals surface area contributed by atoms with Crippen LogP contribution in [0.3, 0.4) is 0 Å². The molecule has 3 aliphatic rings. The number of nitrogens with zero attached hydrogens (tertiary/aromatic N) is 2. The van der Waals surface area contributed by atoms with E-state index < -0.39 is 10.8 Å². The second kappa shape index (κ2) is 10.8. The molecule has 1 unspecified atom stereocenters. The van der Waals surface area contributed by atoms with Crippen LogP contribution in [-0.4, -0.2) is 39.5 Å². The third-order valence-electron chi connectivity index (χ3n) is 7.60. The number of aliphatic imine (C=N–C) groups is 1. The molecule has 38 heavy (non-hydrogen) atoms. The van der Waals surface area contributed by atoms with Gasteiger partial charge in [0.25, 0.3) is 0 Å². The maximum Gasteiger partial charge on any atom is 0.127 e. The average molecular weight is 533 g/mol. The van der Waals surface area contributed by atoms with Crippen molar-refractivity contribution in [1.82, 2.24) is 10.3 Å². The summed E-state index contributed by atoms with van der Waals surface area (Å²) in [6.07, 6.45) is 11.2. The lowest BCUT2D eigenvalue weighted by atomic mass is 9.95. The number of nitrogens with two attached hydrogens (primary N) is 1. The van der Waals surface area contributed by atoms with Crippen molar-refractivity contribution in [3.05, 3.63) is 82.6 Å². The zero-order valence-electron chi connectivity index (χ0n) is 21.7. The molecule has 198 valence electrons. The van der Waals surface area contributed by atoms with E-state index in [1.807, 2.05) is 50.5 Å². The van der Waals surface area contributed by atoms with Crippen LogP contribution in [0.1, 0.15) is 47.9 Å². The molecule has 0 spiro atoms. The number of nitrogens with one attached hydrogen (secondary N) is 1. The topological polar surface area (TPSA) is 97.4 Å². The van der Waals surface area contributed by atoms with Crippen LogP contribution in [0.15, 0.2) is 64.4 Å². The van der Waals surface area contributed by atoms with E-state index in [4.69, 9.17) is 5.73 Å². The highest BCUT2D eigenvalue weighted by molar-refractivity contribution is 7.86. The third-order valence-corrected chi connectivity index (χ3v) is 9.39. The number of carbonyl (C=O) groups excluding carboxylic acids is 1. The first-order valence-corrected chi connectivity index (χ1v) is 14.2. The number of aldehydes is 1. The quantitative estimate of drug-likeness (QED) is 0.312. The van der Waals surface area contributed by atoms with Gasteiger partial charge in [-0.3, -0.25) is 14.2 Å². The second-order valence-corrected chi connectivity index (χ2v) is 12.1. The molecule has 0 bridgehead atoms. The fraction of sp³-hybridized carbons (Fsp3) is 0.367. The van der Waals surface area contributed by atoms with Crippen LogP contribution >= 0.6 is 0 Å². The summed E-state index contributed by atoms with van der Waals surface area (Å²) in [6.45, 7) is 1.86. The molecule has 1 heterocycles. The highest BCUT2D eigenvalue weighted by Gasteiger charge is 2.70. The fourth-order valence-electron chi connectivity index (χ4n) is 4.69. The molecule has 2 aromatic carbocycles. The molecule has 3 saturated carbocycles. The van der Waals surface area contributed by atoms with Crippen molar-refractivity contribution in [3.8, 4) is 0 Å². The lowest BCUT2D eigenvalue weighted by molar-refractivity contribution is -0.107. The molecule has 6 nitrogen and oxygen atoms in total. The van der Waals surface area contributed by atoms with Crippen molar-refractivity contribution in [3.63, 3.8) is 0 Å². The van der Waals surface area contributed by atoms with Crippen LogP contribution in [0, 0.1) is 18.7 Å². The van der Waals surface area contributed by atoms with Crippen LogP contribution in [0.2, 0.25) is 0 Å². The Hall–Kier alpha value is -3.39. The average Bonchev–Trinajstić information content (AvgIpc) is 3.80. The summed E-state index contributed by atoms with van der Waals surface area (Å²) >= 11 is 0. The van der Waals surface area contributed by atoms with Gasteiger partial charge >= 0.3 is 0 Å². The molecular formula is C30H33FN4O2S. The number of hydrogen-bond donors (Lipinski definition) is 2. The predicted octanol–water partition coefficient (Wildman–Crippen LogP) is 4.52. The van der Waals surface area contributed by atoms with Gasteiger partial charge in [0.2, 0.25) is 0 Å².